The molecule has 0 aliphatic carbocycles. The minimum Gasteiger partial charge on any atom is -0.672 e. The van der Waals surface area contributed by atoms with Crippen molar-refractivity contribution in [3.05, 3.63) is 0 Å². The molecule has 0 amide bonds. The van der Waals surface area contributed by atoms with E-state index in [0.717, 1.165) is 0 Å². The summed E-state index contributed by atoms with van der Waals surface area (Å²) in [6.45, 7) is 0. The van der Waals surface area contributed by atoms with Gasteiger partial charge in [0, 0.05) is 27.5 Å². The molecule has 0 saturated heterocycles. The van der Waals surface area contributed by atoms with Crippen molar-refractivity contribution in [1.82, 2.24) is 0 Å². The van der Waals surface area contributed by atoms with Gasteiger partial charge >= 0.3 is 37.1 Å². The van der Waals surface area contributed by atoms with Crippen molar-refractivity contribution >= 4 is 45.1 Å². The zero-order chi connectivity index (χ0) is 10.7. The minimum absolute atomic E-state index is 0. The largest absolute Gasteiger partial charge is 4.00 e. The SMILES string of the molecule is O=[Si]([O-])[O-].O=[Si]([O-])[O-].O=[Si]([O-])[O-].[Ge+4].[Zn+2]. The predicted octanol–water partition coefficient (Wildman–Crippen LogP) is -9.02. The van der Waals surface area contributed by atoms with Gasteiger partial charge in [0.25, 0.3) is 0 Å². The molecule has 0 heterocycles. The summed E-state index contributed by atoms with van der Waals surface area (Å²) in [6.07, 6.45) is 0. The fourth-order valence-corrected chi connectivity index (χ4v) is 0. The number of hydrogen-bond donors (Lipinski definition) is 0. The van der Waals surface area contributed by atoms with Crippen molar-refractivity contribution in [1.29, 1.82) is 0 Å². The van der Waals surface area contributed by atoms with Gasteiger partial charge in [0.05, 0.1) is 0 Å². The third-order valence-corrected chi connectivity index (χ3v) is 0. The maximum atomic E-state index is 8.52. The summed E-state index contributed by atoms with van der Waals surface area (Å²) < 4.78 is 25.6. The van der Waals surface area contributed by atoms with Crippen LogP contribution < -0.4 is 28.8 Å². The molecule has 0 saturated carbocycles. The quantitative estimate of drug-likeness (QED) is 0.375. The molecule has 14 heteroatoms. The molecular weight excluding hydrogens is 366 g/mol. The van der Waals surface area contributed by atoms with Crippen LogP contribution >= 0.6 is 0 Å². The van der Waals surface area contributed by atoms with Crippen molar-refractivity contribution in [3.8, 4) is 0 Å². The molecule has 0 aliphatic rings. The Morgan fingerprint density at radius 2 is 0.571 bits per heavy atom. The zero-order valence-corrected chi connectivity index (χ0v) is 14.4. The third-order valence-electron chi connectivity index (χ3n) is 0. The first kappa shape index (κ1) is 29.2. The van der Waals surface area contributed by atoms with Crippen LogP contribution in [0.15, 0.2) is 0 Å². The molecule has 14 heavy (non-hydrogen) atoms. The summed E-state index contributed by atoms with van der Waals surface area (Å²) >= 11 is 0. The van der Waals surface area contributed by atoms with E-state index < -0.39 is 27.5 Å². The summed E-state index contributed by atoms with van der Waals surface area (Å²) in [7, 11) is -10.9. The molecule has 0 radical (unpaired) electrons. The van der Waals surface area contributed by atoms with Crippen molar-refractivity contribution in [2.45, 2.75) is 0 Å². The van der Waals surface area contributed by atoms with Crippen LogP contribution in [0.3, 0.4) is 0 Å². The van der Waals surface area contributed by atoms with Gasteiger partial charge in [-0.25, -0.2) is 0 Å². The average molecular weight is 366 g/mol. The maximum Gasteiger partial charge on any atom is 4.00 e. The van der Waals surface area contributed by atoms with Gasteiger partial charge in [-0.15, -0.1) is 0 Å². The van der Waals surface area contributed by atoms with Crippen LogP contribution in [-0.2, 0) is 32.9 Å². The Hall–Kier alpha value is 0.0169. The first-order valence-electron chi connectivity index (χ1n) is 1.84. The van der Waals surface area contributed by atoms with Gasteiger partial charge in [-0.1, -0.05) is 0 Å². The van der Waals surface area contributed by atoms with Crippen LogP contribution in [0.4, 0.5) is 0 Å². The Labute approximate surface area is 106 Å². The first-order valence-corrected chi connectivity index (χ1v) is 5.51. The Bertz CT molecular complexity index is 118. The Kier molecular flexibility index (Phi) is 48.2. The summed E-state index contributed by atoms with van der Waals surface area (Å²) in [5.41, 5.74) is 0. The molecular formula is GeO9Si3Zn. The van der Waals surface area contributed by atoms with Crippen LogP contribution in [0.5, 0.6) is 0 Å². The van der Waals surface area contributed by atoms with Crippen molar-refractivity contribution in [2.75, 3.05) is 0 Å². The second kappa shape index (κ2) is 23.1. The normalized spacial score (nSPS) is 5.14. The summed E-state index contributed by atoms with van der Waals surface area (Å²) in [5.74, 6) is 0. The van der Waals surface area contributed by atoms with E-state index in [0.29, 0.717) is 0 Å². The fourth-order valence-electron chi connectivity index (χ4n) is 0. The smallest absolute Gasteiger partial charge is 0.672 e. The van der Waals surface area contributed by atoms with Crippen molar-refractivity contribution in [2.24, 2.45) is 0 Å². The molecule has 9 nitrogen and oxygen atoms in total. The molecule has 0 aliphatic heterocycles. The Balaban J connectivity index is -0.0000000270. The van der Waals surface area contributed by atoms with Gasteiger partial charge in [-0.2, -0.15) is 0 Å². The van der Waals surface area contributed by atoms with Crippen molar-refractivity contribution in [3.63, 3.8) is 0 Å². The summed E-state index contributed by atoms with van der Waals surface area (Å²) in [6, 6.07) is 0. The van der Waals surface area contributed by atoms with E-state index in [-0.39, 0.29) is 37.1 Å². The molecule has 0 spiro atoms. The van der Waals surface area contributed by atoms with Gasteiger partial charge < -0.3 is 42.2 Å². The standard InChI is InChI=1S/Ge.3O3Si.Zn/c;3*1-4(2)3;/q+4;3*-2;+2. The van der Waals surface area contributed by atoms with Gasteiger partial charge in [0.15, 0.2) is 0 Å². The Morgan fingerprint density at radius 3 is 0.571 bits per heavy atom. The number of hydrogen-bond acceptors (Lipinski definition) is 9. The summed E-state index contributed by atoms with van der Waals surface area (Å²) in [5, 5.41) is 0. The van der Waals surface area contributed by atoms with Crippen LogP contribution in [-0.4, -0.2) is 45.1 Å². The first-order chi connectivity index (χ1) is 5.20. The van der Waals surface area contributed by atoms with Gasteiger partial charge in [-0.05, 0) is 0 Å². The monoisotopic (exact) mass is 366 g/mol. The molecule has 0 atom stereocenters. The van der Waals surface area contributed by atoms with Crippen LogP contribution in [0.1, 0.15) is 0 Å². The average Bonchev–Trinajstić information content (AvgIpc) is 1.54. The van der Waals surface area contributed by atoms with E-state index in [9.17, 15) is 0 Å². The van der Waals surface area contributed by atoms with Gasteiger partial charge in [0.2, 0.25) is 0 Å². The van der Waals surface area contributed by atoms with E-state index in [1.54, 1.807) is 0 Å². The van der Waals surface area contributed by atoms with E-state index in [4.69, 9.17) is 42.2 Å². The second-order valence-corrected chi connectivity index (χ2v) is 2.25. The van der Waals surface area contributed by atoms with E-state index >= 15 is 0 Å². The summed E-state index contributed by atoms with van der Waals surface area (Å²) in [4.78, 5) is 51.1. The molecule has 0 bridgehead atoms. The number of rotatable bonds is 0. The molecule has 0 fully saturated rings. The van der Waals surface area contributed by atoms with E-state index in [2.05, 4.69) is 0 Å². The molecule has 0 aromatic heterocycles. The fraction of sp³-hybridized carbons (Fsp3) is 0. The van der Waals surface area contributed by atoms with E-state index in [1.165, 1.54) is 0 Å². The van der Waals surface area contributed by atoms with Gasteiger partial charge in [0.1, 0.15) is 0 Å². The molecule has 0 N–H and O–H groups in total. The zero-order valence-electron chi connectivity index (χ0n) is 6.38. The molecule has 0 rings (SSSR count). The van der Waals surface area contributed by atoms with Crippen LogP contribution in [0.25, 0.3) is 0 Å². The maximum absolute atomic E-state index is 8.52. The van der Waals surface area contributed by atoms with Crippen LogP contribution in [0, 0.1) is 0 Å². The Morgan fingerprint density at radius 1 is 0.571 bits per heavy atom. The third kappa shape index (κ3) is 5120000. The molecule has 0 unspecified atom stereocenters. The molecule has 0 aromatic carbocycles. The second-order valence-electron chi connectivity index (χ2n) is 0.750. The topological polar surface area (TPSA) is 190 Å². The van der Waals surface area contributed by atoms with E-state index in [1.807, 2.05) is 0 Å². The van der Waals surface area contributed by atoms with Gasteiger partial charge in [-0.3, -0.25) is 0 Å². The molecule has 72 valence electrons. The predicted molar refractivity (Wildman–Crippen MR) is 25.1 cm³/mol. The van der Waals surface area contributed by atoms with Crippen molar-refractivity contribution < 1.29 is 61.6 Å². The van der Waals surface area contributed by atoms with Crippen LogP contribution in [0.2, 0.25) is 0 Å². The minimum atomic E-state index is -3.63. The molecule has 0 aromatic rings.